The molecule has 5 N–H and O–H groups in total. The normalized spacial score (nSPS) is 10.8. The van der Waals surface area contributed by atoms with E-state index in [1.54, 1.807) is 24.5 Å². The zero-order chi connectivity index (χ0) is 21.6. The number of hydrazine groups is 1. The van der Waals surface area contributed by atoms with Crippen LogP contribution in [-0.2, 0) is 0 Å². The first kappa shape index (κ1) is 20.5. The van der Waals surface area contributed by atoms with Crippen molar-refractivity contribution in [1.82, 2.24) is 15.4 Å². The average Bonchev–Trinajstić information content (AvgIpc) is 2.83. The van der Waals surface area contributed by atoms with E-state index in [9.17, 15) is 4.79 Å². The summed E-state index contributed by atoms with van der Waals surface area (Å²) in [5, 5.41) is 0.652. The number of rotatable bonds is 7. The molecular weight excluding hydrogens is 390 g/mol. The van der Waals surface area contributed by atoms with Crippen molar-refractivity contribution in [3.8, 4) is 28.1 Å². The van der Waals surface area contributed by atoms with Crippen LogP contribution in [0, 0.1) is 0 Å². The molecule has 0 aliphatic rings. The zero-order valence-corrected chi connectivity index (χ0v) is 16.9. The Hall–Kier alpha value is -3.81. The maximum atomic E-state index is 12.3. The molecule has 4 aromatic rings. The van der Waals surface area contributed by atoms with Crippen LogP contribution in [-0.4, -0.2) is 29.0 Å². The minimum atomic E-state index is -0.382. The first-order valence-electron chi connectivity index (χ1n) is 9.99. The fraction of sp³-hybridized carbons (Fsp3) is 0.125. The molecule has 7 nitrogen and oxygen atoms in total. The number of benzene rings is 2. The van der Waals surface area contributed by atoms with Gasteiger partial charge in [0.05, 0.1) is 23.4 Å². The van der Waals surface area contributed by atoms with E-state index in [2.05, 4.69) is 15.4 Å². The third kappa shape index (κ3) is 4.53. The second-order valence-electron chi connectivity index (χ2n) is 7.01. The van der Waals surface area contributed by atoms with Gasteiger partial charge >= 0.3 is 0 Å². The summed E-state index contributed by atoms with van der Waals surface area (Å²) in [7, 11) is 0. The van der Waals surface area contributed by atoms with Gasteiger partial charge in [-0.1, -0.05) is 36.4 Å². The van der Waals surface area contributed by atoms with Gasteiger partial charge in [-0.3, -0.25) is 15.2 Å². The highest BCUT2D eigenvalue weighted by atomic mass is 16.5. The molecule has 0 atom stereocenters. The number of amides is 1. The molecule has 1 amide bonds. The Labute approximate surface area is 180 Å². The quantitative estimate of drug-likeness (QED) is 0.185. The van der Waals surface area contributed by atoms with Gasteiger partial charge in [0.15, 0.2) is 0 Å². The van der Waals surface area contributed by atoms with E-state index in [1.807, 2.05) is 48.5 Å². The third-order valence-corrected chi connectivity index (χ3v) is 4.97. The number of ether oxygens (including phenoxy) is 1. The Morgan fingerprint density at radius 1 is 0.968 bits per heavy atom. The van der Waals surface area contributed by atoms with Crippen molar-refractivity contribution in [3.63, 3.8) is 0 Å². The maximum Gasteiger partial charge on any atom is 0.265 e. The number of pyridine rings is 2. The predicted molar refractivity (Wildman–Crippen MR) is 121 cm³/mol. The van der Waals surface area contributed by atoms with Crippen LogP contribution in [0.5, 0.6) is 5.75 Å². The first-order valence-corrected chi connectivity index (χ1v) is 9.99. The molecule has 0 aliphatic heterocycles. The van der Waals surface area contributed by atoms with Crippen LogP contribution in [0.2, 0.25) is 0 Å². The molecule has 0 saturated carbocycles. The Kier molecular flexibility index (Phi) is 6.16. The van der Waals surface area contributed by atoms with Crippen molar-refractivity contribution in [2.24, 2.45) is 11.6 Å². The van der Waals surface area contributed by atoms with Crippen LogP contribution in [0.3, 0.4) is 0 Å². The predicted octanol–water partition coefficient (Wildman–Crippen LogP) is 3.29. The monoisotopic (exact) mass is 413 g/mol. The van der Waals surface area contributed by atoms with Gasteiger partial charge in [0.25, 0.3) is 5.91 Å². The SMILES string of the molecule is NCCCOc1ccc(-c2ccc(-c3cc(C(=O)NN)c4cnccc4n3)cc2)cc1. The maximum absolute atomic E-state index is 12.3. The summed E-state index contributed by atoms with van der Waals surface area (Å²) < 4.78 is 5.65. The molecule has 0 saturated heterocycles. The lowest BCUT2D eigenvalue weighted by molar-refractivity contribution is 0.0955. The Morgan fingerprint density at radius 3 is 2.32 bits per heavy atom. The number of aromatic nitrogens is 2. The molecule has 0 unspecified atom stereocenters. The van der Waals surface area contributed by atoms with Crippen molar-refractivity contribution in [2.75, 3.05) is 13.2 Å². The molecule has 156 valence electrons. The van der Waals surface area contributed by atoms with Crippen molar-refractivity contribution < 1.29 is 9.53 Å². The molecular formula is C24H23N5O2. The molecule has 2 heterocycles. The van der Waals surface area contributed by atoms with E-state index < -0.39 is 0 Å². The molecule has 0 aliphatic carbocycles. The summed E-state index contributed by atoms with van der Waals surface area (Å²) in [6, 6.07) is 19.5. The highest BCUT2D eigenvalue weighted by Gasteiger charge is 2.13. The number of hydrogen-bond donors (Lipinski definition) is 3. The van der Waals surface area contributed by atoms with E-state index >= 15 is 0 Å². The lowest BCUT2D eigenvalue weighted by Crippen LogP contribution is -2.30. The van der Waals surface area contributed by atoms with Gasteiger partial charge in [-0.25, -0.2) is 10.8 Å². The first-order chi connectivity index (χ1) is 15.2. The molecule has 0 spiro atoms. The fourth-order valence-electron chi connectivity index (χ4n) is 3.33. The lowest BCUT2D eigenvalue weighted by atomic mass is 10.0. The minimum Gasteiger partial charge on any atom is -0.494 e. The molecule has 2 aromatic carbocycles. The van der Waals surface area contributed by atoms with E-state index in [0.29, 0.717) is 35.3 Å². The fourth-order valence-corrected chi connectivity index (χ4v) is 3.33. The van der Waals surface area contributed by atoms with E-state index in [0.717, 1.165) is 28.9 Å². The van der Waals surface area contributed by atoms with Crippen molar-refractivity contribution in [2.45, 2.75) is 6.42 Å². The Bertz CT molecular complexity index is 1190. The molecule has 2 aromatic heterocycles. The highest BCUT2D eigenvalue weighted by Crippen LogP contribution is 2.28. The second kappa shape index (κ2) is 9.34. The van der Waals surface area contributed by atoms with Crippen LogP contribution in [0.25, 0.3) is 33.3 Å². The molecule has 31 heavy (non-hydrogen) atoms. The van der Waals surface area contributed by atoms with Crippen LogP contribution >= 0.6 is 0 Å². The molecule has 4 rings (SSSR count). The van der Waals surface area contributed by atoms with Crippen LogP contribution < -0.4 is 21.7 Å². The number of hydrogen-bond acceptors (Lipinski definition) is 6. The van der Waals surface area contributed by atoms with E-state index in [-0.39, 0.29) is 5.91 Å². The summed E-state index contributed by atoms with van der Waals surface area (Å²) in [4.78, 5) is 21.0. The van der Waals surface area contributed by atoms with Gasteiger partial charge in [0.2, 0.25) is 0 Å². The van der Waals surface area contributed by atoms with Gasteiger partial charge < -0.3 is 10.5 Å². The van der Waals surface area contributed by atoms with Gasteiger partial charge in [0.1, 0.15) is 5.75 Å². The van der Waals surface area contributed by atoms with E-state index in [4.69, 9.17) is 16.3 Å². The molecule has 7 heteroatoms. The summed E-state index contributed by atoms with van der Waals surface area (Å²) in [5.74, 6) is 5.80. The van der Waals surface area contributed by atoms with Gasteiger partial charge in [-0.2, -0.15) is 0 Å². The summed E-state index contributed by atoms with van der Waals surface area (Å²) in [6.07, 6.45) is 4.09. The summed E-state index contributed by atoms with van der Waals surface area (Å²) in [5.41, 5.74) is 12.5. The molecule has 0 bridgehead atoms. The topological polar surface area (TPSA) is 116 Å². The van der Waals surface area contributed by atoms with Gasteiger partial charge in [0, 0.05) is 23.3 Å². The molecule has 0 fully saturated rings. The van der Waals surface area contributed by atoms with Crippen molar-refractivity contribution >= 4 is 16.8 Å². The summed E-state index contributed by atoms with van der Waals surface area (Å²) >= 11 is 0. The number of carbonyl (C=O) groups excluding carboxylic acids is 1. The minimum absolute atomic E-state index is 0.382. The number of fused-ring (bicyclic) bond motifs is 1. The Morgan fingerprint density at radius 2 is 1.65 bits per heavy atom. The van der Waals surface area contributed by atoms with Crippen LogP contribution in [0.4, 0.5) is 0 Å². The van der Waals surface area contributed by atoms with Crippen LogP contribution in [0.1, 0.15) is 16.8 Å². The highest BCUT2D eigenvalue weighted by molar-refractivity contribution is 6.06. The molecule has 0 radical (unpaired) electrons. The van der Waals surface area contributed by atoms with Crippen molar-refractivity contribution in [1.29, 1.82) is 0 Å². The van der Waals surface area contributed by atoms with E-state index in [1.165, 1.54) is 0 Å². The average molecular weight is 413 g/mol. The van der Waals surface area contributed by atoms with Crippen LogP contribution in [0.15, 0.2) is 73.1 Å². The van der Waals surface area contributed by atoms with Gasteiger partial charge in [-0.05, 0) is 48.4 Å². The smallest absolute Gasteiger partial charge is 0.265 e. The lowest BCUT2D eigenvalue weighted by Gasteiger charge is -2.10. The summed E-state index contributed by atoms with van der Waals surface area (Å²) in [6.45, 7) is 1.23. The largest absolute Gasteiger partial charge is 0.494 e. The van der Waals surface area contributed by atoms with Crippen molar-refractivity contribution in [3.05, 3.63) is 78.6 Å². The second-order valence-corrected chi connectivity index (χ2v) is 7.01. The third-order valence-electron chi connectivity index (χ3n) is 4.97. The number of carbonyl (C=O) groups is 1. The number of nitrogens with zero attached hydrogens (tertiary/aromatic N) is 2. The zero-order valence-electron chi connectivity index (χ0n) is 16.9. The van der Waals surface area contributed by atoms with Gasteiger partial charge in [-0.15, -0.1) is 0 Å². The number of nitrogens with two attached hydrogens (primary N) is 2. The standard InChI is InChI=1S/C24H23N5O2/c25-11-1-13-31-19-8-6-17(7-9-19)16-2-4-18(5-3-16)23-14-20(24(30)29-26)21-15-27-12-10-22(21)28-23/h2-10,12,14-15H,1,11,13,25-26H2,(H,29,30). The number of nitrogens with one attached hydrogen (secondary N) is 1. The Balaban J connectivity index is 1.61. The number of nitrogen functional groups attached to an aromatic ring is 1.